The van der Waals surface area contributed by atoms with Crippen molar-refractivity contribution in [2.75, 3.05) is 0 Å². The summed E-state index contributed by atoms with van der Waals surface area (Å²) < 4.78 is 22.0. The van der Waals surface area contributed by atoms with Gasteiger partial charge in [-0.1, -0.05) is 13.8 Å². The second-order valence-corrected chi connectivity index (χ2v) is 9.41. The second-order valence-electron chi connectivity index (χ2n) is 9.41. The standard InChI is InChI=1S/C20H22O8/c1-17-7-11(9-4-6-25-8-9)26-15(21)10(17)3-5-18(2)19(23)13-12(27-13)14(20(17,18)24)28-16(19)22/h4,6,8,10-14,23-24H,3,5,7H2,1-2H3. The van der Waals surface area contributed by atoms with E-state index < -0.39 is 58.3 Å². The Hall–Kier alpha value is -1.90. The highest BCUT2D eigenvalue weighted by molar-refractivity contribution is 5.86. The van der Waals surface area contributed by atoms with Crippen molar-refractivity contribution >= 4 is 11.9 Å². The molecule has 5 heterocycles. The number of hydrogen-bond donors (Lipinski definition) is 2. The zero-order valence-electron chi connectivity index (χ0n) is 15.6. The molecule has 4 aliphatic heterocycles. The van der Waals surface area contributed by atoms with Gasteiger partial charge in [0.05, 0.1) is 18.4 Å². The lowest BCUT2D eigenvalue weighted by Crippen LogP contribution is -2.86. The van der Waals surface area contributed by atoms with Crippen LogP contribution in [0.25, 0.3) is 0 Å². The van der Waals surface area contributed by atoms with Gasteiger partial charge in [-0.05, 0) is 25.3 Å². The van der Waals surface area contributed by atoms with Crippen molar-refractivity contribution < 1.29 is 38.4 Å². The lowest BCUT2D eigenvalue weighted by molar-refractivity contribution is -0.352. The molecule has 28 heavy (non-hydrogen) atoms. The number of epoxide rings is 1. The van der Waals surface area contributed by atoms with Crippen molar-refractivity contribution in [2.24, 2.45) is 16.7 Å². The summed E-state index contributed by atoms with van der Waals surface area (Å²) in [5.74, 6) is -1.69. The highest BCUT2D eigenvalue weighted by Crippen LogP contribution is 2.73. The number of carbonyl (C=O) groups excluding carboxylic acids is 2. The highest BCUT2D eigenvalue weighted by atomic mass is 16.7. The maximum atomic E-state index is 12.9. The lowest BCUT2D eigenvalue weighted by atomic mass is 9.38. The SMILES string of the molecule is CC12CC(c3ccoc3)OC(=O)C1CCC1(C)C3(O)C(=O)OC(C4OC43)C21O. The van der Waals surface area contributed by atoms with Gasteiger partial charge >= 0.3 is 11.9 Å². The van der Waals surface area contributed by atoms with Crippen molar-refractivity contribution in [3.63, 3.8) is 0 Å². The number of rotatable bonds is 1. The first-order valence-corrected chi connectivity index (χ1v) is 9.72. The molecule has 9 atom stereocenters. The van der Waals surface area contributed by atoms with Crippen LogP contribution in [0.2, 0.25) is 0 Å². The van der Waals surface area contributed by atoms with Crippen LogP contribution in [0.5, 0.6) is 0 Å². The molecule has 0 amide bonds. The first-order valence-electron chi connectivity index (χ1n) is 9.72. The summed E-state index contributed by atoms with van der Waals surface area (Å²) >= 11 is 0. The molecule has 1 aromatic rings. The van der Waals surface area contributed by atoms with E-state index in [0.29, 0.717) is 24.8 Å². The smallest absolute Gasteiger partial charge is 0.342 e. The molecule has 7 rings (SSSR count). The Morgan fingerprint density at radius 1 is 1.14 bits per heavy atom. The summed E-state index contributed by atoms with van der Waals surface area (Å²) in [7, 11) is 0. The molecule has 2 N–H and O–H groups in total. The molecular formula is C20H22O8. The van der Waals surface area contributed by atoms with Gasteiger partial charge in [0.2, 0.25) is 0 Å². The molecule has 8 nitrogen and oxygen atoms in total. The fourth-order valence-corrected chi connectivity index (χ4v) is 6.87. The third-order valence-corrected chi connectivity index (χ3v) is 8.52. The fraction of sp³-hybridized carbons (Fsp3) is 0.700. The number of hydrogen-bond acceptors (Lipinski definition) is 8. The molecule has 2 saturated carbocycles. The molecule has 8 heteroatoms. The predicted octanol–water partition coefficient (Wildman–Crippen LogP) is 0.859. The quantitative estimate of drug-likeness (QED) is 0.535. The Labute approximate surface area is 160 Å². The minimum Gasteiger partial charge on any atom is -0.472 e. The molecule has 9 unspecified atom stereocenters. The van der Waals surface area contributed by atoms with Crippen molar-refractivity contribution in [2.45, 2.75) is 68.7 Å². The fourth-order valence-electron chi connectivity index (χ4n) is 6.87. The van der Waals surface area contributed by atoms with Crippen LogP contribution in [-0.2, 0) is 23.8 Å². The van der Waals surface area contributed by atoms with Crippen LogP contribution in [-0.4, -0.2) is 51.7 Å². The summed E-state index contributed by atoms with van der Waals surface area (Å²) in [5, 5.41) is 23.7. The Morgan fingerprint density at radius 3 is 2.64 bits per heavy atom. The van der Waals surface area contributed by atoms with Crippen molar-refractivity contribution in [1.29, 1.82) is 0 Å². The largest absolute Gasteiger partial charge is 0.472 e. The van der Waals surface area contributed by atoms with E-state index in [-0.39, 0.29) is 5.97 Å². The van der Waals surface area contributed by atoms with Gasteiger partial charge < -0.3 is 28.8 Å². The number of esters is 2. The molecule has 6 fully saturated rings. The summed E-state index contributed by atoms with van der Waals surface area (Å²) in [6.45, 7) is 3.57. The van der Waals surface area contributed by atoms with Gasteiger partial charge in [-0.25, -0.2) is 4.79 Å². The molecule has 0 aromatic carbocycles. The predicted molar refractivity (Wildman–Crippen MR) is 89.5 cm³/mol. The van der Waals surface area contributed by atoms with Crippen LogP contribution in [0.4, 0.5) is 0 Å². The van der Waals surface area contributed by atoms with Crippen LogP contribution in [0.15, 0.2) is 23.0 Å². The number of cyclic esters (lactones) is 1. The number of carbonyl (C=O) groups is 2. The average molecular weight is 390 g/mol. The number of furan rings is 1. The van der Waals surface area contributed by atoms with E-state index in [4.69, 9.17) is 18.6 Å². The molecule has 2 bridgehead atoms. The van der Waals surface area contributed by atoms with E-state index >= 15 is 0 Å². The molecule has 4 saturated heterocycles. The normalized spacial score (nSPS) is 56.2. The maximum absolute atomic E-state index is 12.9. The zero-order chi connectivity index (χ0) is 19.7. The molecule has 1 aromatic heterocycles. The molecule has 6 aliphatic rings. The van der Waals surface area contributed by atoms with E-state index in [1.54, 1.807) is 13.0 Å². The molecular weight excluding hydrogens is 368 g/mol. The van der Waals surface area contributed by atoms with Gasteiger partial charge in [-0.3, -0.25) is 4.79 Å². The first-order chi connectivity index (χ1) is 13.2. The van der Waals surface area contributed by atoms with E-state index in [2.05, 4.69) is 0 Å². The Bertz CT molecular complexity index is 896. The van der Waals surface area contributed by atoms with Crippen molar-refractivity contribution in [3.8, 4) is 0 Å². The van der Waals surface area contributed by atoms with E-state index in [9.17, 15) is 19.8 Å². The maximum Gasteiger partial charge on any atom is 0.342 e. The monoisotopic (exact) mass is 390 g/mol. The van der Waals surface area contributed by atoms with Crippen molar-refractivity contribution in [1.82, 2.24) is 0 Å². The van der Waals surface area contributed by atoms with E-state index in [1.807, 2.05) is 6.92 Å². The van der Waals surface area contributed by atoms with Gasteiger partial charge in [0.25, 0.3) is 0 Å². The molecule has 150 valence electrons. The van der Waals surface area contributed by atoms with E-state index in [0.717, 1.165) is 0 Å². The Balaban J connectivity index is 1.53. The van der Waals surface area contributed by atoms with E-state index in [1.165, 1.54) is 12.5 Å². The van der Waals surface area contributed by atoms with Crippen LogP contribution in [0.1, 0.15) is 44.8 Å². The minimum atomic E-state index is -1.93. The summed E-state index contributed by atoms with van der Waals surface area (Å²) in [5.41, 5.74) is -5.03. The number of ether oxygens (including phenoxy) is 3. The average Bonchev–Trinajstić information content (AvgIpc) is 3.26. The Kier molecular flexibility index (Phi) is 2.81. The zero-order valence-corrected chi connectivity index (χ0v) is 15.6. The number of fused-ring (bicyclic) bond motifs is 2. The van der Waals surface area contributed by atoms with Gasteiger partial charge in [0, 0.05) is 16.4 Å². The second kappa shape index (κ2) is 4.63. The molecule has 0 radical (unpaired) electrons. The van der Waals surface area contributed by atoms with Gasteiger partial charge in [-0.15, -0.1) is 0 Å². The van der Waals surface area contributed by atoms with Crippen LogP contribution >= 0.6 is 0 Å². The third kappa shape index (κ3) is 1.48. The van der Waals surface area contributed by atoms with Gasteiger partial charge in [0.15, 0.2) is 11.7 Å². The summed E-state index contributed by atoms with van der Waals surface area (Å²) in [4.78, 5) is 25.6. The molecule has 2 aliphatic carbocycles. The summed E-state index contributed by atoms with van der Waals surface area (Å²) in [6, 6.07) is 1.73. The van der Waals surface area contributed by atoms with Gasteiger partial charge in [-0.2, -0.15) is 0 Å². The highest BCUT2D eigenvalue weighted by Gasteiger charge is 2.90. The summed E-state index contributed by atoms with van der Waals surface area (Å²) in [6.07, 6.45) is 1.34. The molecule has 0 spiro atoms. The minimum absolute atomic E-state index is 0.296. The topological polar surface area (TPSA) is 119 Å². The number of aliphatic hydroxyl groups is 2. The first kappa shape index (κ1) is 17.0. The lowest BCUT2D eigenvalue weighted by Gasteiger charge is -2.70. The van der Waals surface area contributed by atoms with Crippen LogP contribution in [0.3, 0.4) is 0 Å². The van der Waals surface area contributed by atoms with Gasteiger partial charge in [0.1, 0.15) is 23.9 Å². The van der Waals surface area contributed by atoms with Crippen LogP contribution < -0.4 is 0 Å². The van der Waals surface area contributed by atoms with Crippen molar-refractivity contribution in [3.05, 3.63) is 24.2 Å². The third-order valence-electron chi connectivity index (χ3n) is 8.52. The van der Waals surface area contributed by atoms with Crippen LogP contribution in [0, 0.1) is 16.7 Å². The Morgan fingerprint density at radius 2 is 1.93 bits per heavy atom.